The maximum Gasteiger partial charge on any atom is 0.243 e. The van der Waals surface area contributed by atoms with Crippen LogP contribution in [0.2, 0.25) is 5.02 Å². The summed E-state index contributed by atoms with van der Waals surface area (Å²) in [6.07, 6.45) is 0. The molecule has 170 valence electrons. The van der Waals surface area contributed by atoms with Gasteiger partial charge in [0.05, 0.1) is 4.90 Å². The molecule has 1 heterocycles. The first-order valence-corrected chi connectivity index (χ1v) is 13.0. The summed E-state index contributed by atoms with van der Waals surface area (Å²) >= 11 is 6.14. The topological polar surface area (TPSA) is 40.6 Å². The Balaban J connectivity index is 1.96. The number of nitrogens with zero attached hydrogens (tertiary/aromatic N) is 2. The Morgan fingerprint density at radius 2 is 1.35 bits per heavy atom. The van der Waals surface area contributed by atoms with Crippen LogP contribution in [0.3, 0.4) is 0 Å². The van der Waals surface area contributed by atoms with Gasteiger partial charge in [0, 0.05) is 36.9 Å². The molecular weight excluding hydrogens is 428 g/mol. The third kappa shape index (κ3) is 5.10. The Morgan fingerprint density at radius 3 is 1.81 bits per heavy atom. The monoisotopic (exact) mass is 462 g/mol. The summed E-state index contributed by atoms with van der Waals surface area (Å²) in [5.41, 5.74) is 4.12. The molecule has 0 radical (unpaired) electrons. The van der Waals surface area contributed by atoms with Crippen LogP contribution in [0.1, 0.15) is 76.0 Å². The van der Waals surface area contributed by atoms with Gasteiger partial charge in [-0.2, -0.15) is 4.31 Å². The average Bonchev–Trinajstić information content (AvgIpc) is 2.72. The third-order valence-electron chi connectivity index (χ3n) is 6.09. The van der Waals surface area contributed by atoms with Crippen molar-refractivity contribution in [2.24, 2.45) is 0 Å². The van der Waals surface area contributed by atoms with Crippen LogP contribution in [0.5, 0.6) is 0 Å². The van der Waals surface area contributed by atoms with Crippen molar-refractivity contribution in [3.8, 4) is 0 Å². The number of sulfonamides is 1. The summed E-state index contributed by atoms with van der Waals surface area (Å²) in [6.45, 7) is 14.9. The number of hydrogen-bond donors (Lipinski definition) is 0. The second-order valence-corrected chi connectivity index (χ2v) is 11.7. The SMILES string of the molecule is CC(C)c1cc(C(C)C)c(S(=O)(=O)N2CCN(c3cccc(Cl)c3)CC2)c(C(C)C)c1. The fourth-order valence-electron chi connectivity index (χ4n) is 4.18. The van der Waals surface area contributed by atoms with Crippen LogP contribution in [0.25, 0.3) is 0 Å². The predicted octanol–water partition coefficient (Wildman–Crippen LogP) is 6.22. The van der Waals surface area contributed by atoms with Crippen LogP contribution in [0, 0.1) is 0 Å². The third-order valence-corrected chi connectivity index (χ3v) is 8.36. The minimum absolute atomic E-state index is 0.133. The first-order valence-electron chi connectivity index (χ1n) is 11.2. The molecule has 0 N–H and O–H groups in total. The molecule has 0 atom stereocenters. The normalized spacial score (nSPS) is 16.0. The van der Waals surface area contributed by atoms with E-state index in [0.29, 0.717) is 42.0 Å². The zero-order chi connectivity index (χ0) is 22.9. The molecule has 0 unspecified atom stereocenters. The molecule has 3 rings (SSSR count). The maximum absolute atomic E-state index is 13.9. The summed E-state index contributed by atoms with van der Waals surface area (Å²) in [5.74, 6) is 0.621. The van der Waals surface area contributed by atoms with E-state index in [1.165, 1.54) is 5.56 Å². The number of hydrogen-bond acceptors (Lipinski definition) is 3. The quantitative estimate of drug-likeness (QED) is 0.511. The molecule has 0 amide bonds. The zero-order valence-corrected chi connectivity index (χ0v) is 21.1. The number of benzene rings is 2. The standard InChI is InChI=1S/C25H35ClN2O2S/c1-17(2)20-14-23(18(3)4)25(24(15-20)19(5)6)31(29,30)28-12-10-27(11-13-28)22-9-7-8-21(26)16-22/h7-9,14-19H,10-13H2,1-6H3. The van der Waals surface area contributed by atoms with Gasteiger partial charge in [-0.3, -0.25) is 0 Å². The van der Waals surface area contributed by atoms with Crippen LogP contribution in [-0.2, 0) is 10.0 Å². The Labute approximate surface area is 193 Å². The molecule has 0 saturated carbocycles. The van der Waals surface area contributed by atoms with Crippen LogP contribution < -0.4 is 4.90 Å². The largest absolute Gasteiger partial charge is 0.369 e. The smallest absolute Gasteiger partial charge is 0.243 e. The molecule has 1 aliphatic heterocycles. The van der Waals surface area contributed by atoms with Gasteiger partial charge in [0.25, 0.3) is 0 Å². The van der Waals surface area contributed by atoms with Gasteiger partial charge in [0.15, 0.2) is 0 Å². The van der Waals surface area contributed by atoms with E-state index < -0.39 is 10.0 Å². The summed E-state index contributed by atoms with van der Waals surface area (Å²) < 4.78 is 29.5. The molecule has 0 bridgehead atoms. The molecule has 1 aliphatic rings. The summed E-state index contributed by atoms with van der Waals surface area (Å²) in [5, 5.41) is 0.695. The van der Waals surface area contributed by atoms with Crippen LogP contribution >= 0.6 is 11.6 Å². The second kappa shape index (κ2) is 9.51. The maximum atomic E-state index is 13.9. The fourth-order valence-corrected chi connectivity index (χ4v) is 6.45. The van der Waals surface area contributed by atoms with Gasteiger partial charge in [0.1, 0.15) is 0 Å². The lowest BCUT2D eigenvalue weighted by Gasteiger charge is -2.36. The predicted molar refractivity (Wildman–Crippen MR) is 131 cm³/mol. The molecule has 1 saturated heterocycles. The highest BCUT2D eigenvalue weighted by atomic mass is 35.5. The molecule has 1 fully saturated rings. The first kappa shape index (κ1) is 24.1. The van der Waals surface area contributed by atoms with Gasteiger partial charge in [0.2, 0.25) is 10.0 Å². The molecule has 6 heteroatoms. The lowest BCUT2D eigenvalue weighted by molar-refractivity contribution is 0.383. The lowest BCUT2D eigenvalue weighted by Crippen LogP contribution is -2.49. The van der Waals surface area contributed by atoms with Crippen LogP contribution in [0.4, 0.5) is 5.69 Å². The van der Waals surface area contributed by atoms with Crippen molar-refractivity contribution in [2.45, 2.75) is 64.2 Å². The molecule has 0 aromatic heterocycles. The van der Waals surface area contributed by atoms with E-state index in [4.69, 9.17) is 11.6 Å². The van der Waals surface area contributed by atoms with Gasteiger partial charge in [-0.1, -0.05) is 71.3 Å². The Morgan fingerprint density at radius 1 is 0.806 bits per heavy atom. The molecule has 4 nitrogen and oxygen atoms in total. The molecule has 31 heavy (non-hydrogen) atoms. The van der Waals surface area contributed by atoms with Gasteiger partial charge in [-0.15, -0.1) is 0 Å². The van der Waals surface area contributed by atoms with E-state index in [1.807, 2.05) is 24.3 Å². The van der Waals surface area contributed by atoms with Crippen LogP contribution in [-0.4, -0.2) is 38.9 Å². The van der Waals surface area contributed by atoms with Crippen molar-refractivity contribution in [3.05, 3.63) is 58.1 Å². The highest BCUT2D eigenvalue weighted by Crippen LogP contribution is 2.37. The number of rotatable bonds is 6. The summed E-state index contributed by atoms with van der Waals surface area (Å²) in [7, 11) is -3.59. The number of piperazine rings is 1. The lowest BCUT2D eigenvalue weighted by atomic mass is 9.89. The number of halogens is 1. The number of anilines is 1. The Kier molecular flexibility index (Phi) is 7.39. The minimum Gasteiger partial charge on any atom is -0.369 e. The van der Waals surface area contributed by atoms with E-state index in [9.17, 15) is 8.42 Å². The molecule has 2 aromatic rings. The van der Waals surface area contributed by atoms with E-state index in [0.717, 1.165) is 16.8 Å². The zero-order valence-electron chi connectivity index (χ0n) is 19.5. The van der Waals surface area contributed by atoms with Crippen molar-refractivity contribution in [2.75, 3.05) is 31.1 Å². The van der Waals surface area contributed by atoms with Crippen molar-refractivity contribution < 1.29 is 8.42 Å². The fraction of sp³-hybridized carbons (Fsp3) is 0.520. The van der Waals surface area contributed by atoms with E-state index in [1.54, 1.807) is 4.31 Å². The molecule has 0 spiro atoms. The van der Waals surface area contributed by atoms with Crippen LogP contribution in [0.15, 0.2) is 41.3 Å². The highest BCUT2D eigenvalue weighted by Gasteiger charge is 2.34. The van der Waals surface area contributed by atoms with Gasteiger partial charge in [-0.25, -0.2) is 8.42 Å². The molecular formula is C25H35ClN2O2S. The van der Waals surface area contributed by atoms with Gasteiger partial charge < -0.3 is 4.90 Å². The highest BCUT2D eigenvalue weighted by molar-refractivity contribution is 7.89. The van der Waals surface area contributed by atoms with E-state index in [2.05, 4.69) is 58.6 Å². The Bertz CT molecular complexity index is 995. The Hall–Kier alpha value is -1.56. The summed E-state index contributed by atoms with van der Waals surface area (Å²) in [4.78, 5) is 2.73. The molecule has 2 aromatic carbocycles. The summed E-state index contributed by atoms with van der Waals surface area (Å²) in [6, 6.07) is 12.0. The van der Waals surface area contributed by atoms with Crippen molar-refractivity contribution in [1.82, 2.24) is 4.31 Å². The van der Waals surface area contributed by atoms with Crippen molar-refractivity contribution in [1.29, 1.82) is 0 Å². The van der Waals surface area contributed by atoms with Crippen molar-refractivity contribution in [3.63, 3.8) is 0 Å². The van der Waals surface area contributed by atoms with E-state index >= 15 is 0 Å². The minimum atomic E-state index is -3.59. The van der Waals surface area contributed by atoms with Crippen molar-refractivity contribution >= 4 is 27.3 Å². The van der Waals surface area contributed by atoms with Gasteiger partial charge >= 0.3 is 0 Å². The molecule has 0 aliphatic carbocycles. The van der Waals surface area contributed by atoms with Gasteiger partial charge in [-0.05, 0) is 52.6 Å². The average molecular weight is 463 g/mol. The first-order chi connectivity index (χ1) is 14.5. The van der Waals surface area contributed by atoms with E-state index in [-0.39, 0.29) is 11.8 Å². The second-order valence-electron chi connectivity index (χ2n) is 9.36.